The number of fused-ring (bicyclic) bond motifs is 1. The predicted molar refractivity (Wildman–Crippen MR) is 110 cm³/mol. The lowest BCUT2D eigenvalue weighted by Crippen LogP contribution is -2.36. The van der Waals surface area contributed by atoms with Crippen molar-refractivity contribution in [1.82, 2.24) is 10.2 Å². The van der Waals surface area contributed by atoms with Gasteiger partial charge < -0.3 is 14.5 Å². The quantitative estimate of drug-likeness (QED) is 0.694. The third kappa shape index (κ3) is 3.62. The van der Waals surface area contributed by atoms with Crippen LogP contribution in [0.25, 0.3) is 11.0 Å². The van der Waals surface area contributed by atoms with Crippen LogP contribution in [0.3, 0.4) is 0 Å². The summed E-state index contributed by atoms with van der Waals surface area (Å²) in [7, 11) is 1.63. The molecule has 1 aromatic heterocycles. The number of ether oxygens (including phenoxy) is 1. The van der Waals surface area contributed by atoms with Crippen molar-refractivity contribution < 1.29 is 13.9 Å². The van der Waals surface area contributed by atoms with E-state index >= 15 is 0 Å². The average molecular weight is 378 g/mol. The lowest BCUT2D eigenvalue weighted by Gasteiger charge is -2.28. The van der Waals surface area contributed by atoms with Crippen molar-refractivity contribution in [1.29, 1.82) is 0 Å². The van der Waals surface area contributed by atoms with Gasteiger partial charge in [0.15, 0.2) is 5.76 Å². The fraction of sp³-hybridized carbons (Fsp3) is 0.348. The molecule has 2 heterocycles. The number of nitrogens with zero attached hydrogens (tertiary/aromatic N) is 1. The smallest absolute Gasteiger partial charge is 0.287 e. The second-order valence-electron chi connectivity index (χ2n) is 7.30. The molecular weight excluding hydrogens is 352 g/mol. The van der Waals surface area contributed by atoms with E-state index in [1.54, 1.807) is 7.11 Å². The molecule has 2 aromatic carbocycles. The highest BCUT2D eigenvalue weighted by Gasteiger charge is 2.25. The van der Waals surface area contributed by atoms with Crippen LogP contribution >= 0.6 is 0 Å². The summed E-state index contributed by atoms with van der Waals surface area (Å²) in [5, 5.41) is 4.01. The number of nitrogens with one attached hydrogen (secondary N) is 1. The summed E-state index contributed by atoms with van der Waals surface area (Å²) >= 11 is 0. The van der Waals surface area contributed by atoms with Crippen LogP contribution in [0, 0.1) is 6.92 Å². The first-order valence-corrected chi connectivity index (χ1v) is 9.81. The van der Waals surface area contributed by atoms with E-state index in [1.165, 1.54) is 18.4 Å². The molecule has 1 unspecified atom stereocenters. The molecule has 0 saturated carbocycles. The maximum atomic E-state index is 12.9. The van der Waals surface area contributed by atoms with Crippen LogP contribution in [0.5, 0.6) is 5.75 Å². The van der Waals surface area contributed by atoms with Gasteiger partial charge in [0.1, 0.15) is 11.3 Å². The summed E-state index contributed by atoms with van der Waals surface area (Å²) < 4.78 is 11.1. The molecule has 4 rings (SSSR count). The Bertz CT molecular complexity index is 959. The molecule has 0 radical (unpaired) electrons. The zero-order valence-electron chi connectivity index (χ0n) is 16.4. The molecular formula is C23H26N2O3. The van der Waals surface area contributed by atoms with E-state index in [4.69, 9.17) is 9.15 Å². The van der Waals surface area contributed by atoms with Gasteiger partial charge in [-0.05, 0) is 56.6 Å². The lowest BCUT2D eigenvalue weighted by atomic mass is 10.1. The Labute approximate surface area is 165 Å². The number of likely N-dealkylation sites (tertiary alicyclic amines) is 1. The van der Waals surface area contributed by atoms with E-state index in [0.29, 0.717) is 17.9 Å². The fourth-order valence-electron chi connectivity index (χ4n) is 4.00. The first-order chi connectivity index (χ1) is 13.7. The molecule has 5 heteroatoms. The highest BCUT2D eigenvalue weighted by molar-refractivity contribution is 5.99. The van der Waals surface area contributed by atoms with Crippen LogP contribution in [-0.2, 0) is 0 Å². The number of amides is 1. The van der Waals surface area contributed by atoms with E-state index in [-0.39, 0.29) is 11.9 Å². The van der Waals surface area contributed by atoms with Crippen LogP contribution in [0.15, 0.2) is 52.9 Å². The average Bonchev–Trinajstić information content (AvgIpc) is 3.37. The molecule has 1 amide bonds. The van der Waals surface area contributed by atoms with Gasteiger partial charge in [-0.2, -0.15) is 0 Å². The monoisotopic (exact) mass is 378 g/mol. The minimum atomic E-state index is -0.173. The van der Waals surface area contributed by atoms with Crippen molar-refractivity contribution in [2.45, 2.75) is 25.8 Å². The SMILES string of the molecule is COc1ccc2oc(C(=O)NCC(c3ccccc3)N3CCCC3)c(C)c2c1. The van der Waals surface area contributed by atoms with Crippen molar-refractivity contribution >= 4 is 16.9 Å². The van der Waals surface area contributed by atoms with Crippen LogP contribution in [0.4, 0.5) is 0 Å². The van der Waals surface area contributed by atoms with Crippen LogP contribution in [0.1, 0.15) is 40.6 Å². The van der Waals surface area contributed by atoms with Crippen molar-refractivity contribution in [3.05, 3.63) is 65.4 Å². The number of hydrogen-bond donors (Lipinski definition) is 1. The van der Waals surface area contributed by atoms with Crippen LogP contribution in [0.2, 0.25) is 0 Å². The molecule has 5 nitrogen and oxygen atoms in total. The molecule has 1 aliphatic heterocycles. The Balaban J connectivity index is 1.54. The first-order valence-electron chi connectivity index (χ1n) is 9.81. The number of benzene rings is 2. The number of aryl methyl sites for hydroxylation is 1. The Morgan fingerprint density at radius 2 is 1.93 bits per heavy atom. The molecule has 146 valence electrons. The fourth-order valence-corrected chi connectivity index (χ4v) is 4.00. The molecule has 1 fully saturated rings. The maximum Gasteiger partial charge on any atom is 0.287 e. The largest absolute Gasteiger partial charge is 0.497 e. The number of hydrogen-bond acceptors (Lipinski definition) is 4. The third-order valence-corrected chi connectivity index (χ3v) is 5.57. The zero-order valence-corrected chi connectivity index (χ0v) is 16.4. The van der Waals surface area contributed by atoms with E-state index in [1.807, 2.05) is 31.2 Å². The summed E-state index contributed by atoms with van der Waals surface area (Å²) in [6.45, 7) is 4.61. The van der Waals surface area contributed by atoms with E-state index in [0.717, 1.165) is 29.8 Å². The Hall–Kier alpha value is -2.79. The molecule has 0 spiro atoms. The van der Waals surface area contributed by atoms with Gasteiger partial charge in [0, 0.05) is 17.5 Å². The highest BCUT2D eigenvalue weighted by atomic mass is 16.5. The van der Waals surface area contributed by atoms with Crippen molar-refractivity contribution in [3.8, 4) is 5.75 Å². The zero-order chi connectivity index (χ0) is 19.5. The molecule has 0 bridgehead atoms. The summed E-state index contributed by atoms with van der Waals surface area (Å²) in [6, 6.07) is 16.2. The van der Waals surface area contributed by atoms with Crippen molar-refractivity contribution in [3.63, 3.8) is 0 Å². The number of carbonyl (C=O) groups excluding carboxylic acids is 1. The van der Waals surface area contributed by atoms with E-state index in [9.17, 15) is 4.79 Å². The number of methoxy groups -OCH3 is 1. The van der Waals surface area contributed by atoms with Gasteiger partial charge >= 0.3 is 0 Å². The van der Waals surface area contributed by atoms with E-state index in [2.05, 4.69) is 34.5 Å². The molecule has 1 N–H and O–H groups in total. The summed E-state index contributed by atoms with van der Waals surface area (Å²) in [6.07, 6.45) is 2.42. The van der Waals surface area contributed by atoms with Crippen LogP contribution < -0.4 is 10.1 Å². The molecule has 28 heavy (non-hydrogen) atoms. The number of rotatable bonds is 6. The molecule has 3 aromatic rings. The van der Waals surface area contributed by atoms with Gasteiger partial charge in [-0.3, -0.25) is 9.69 Å². The minimum Gasteiger partial charge on any atom is -0.497 e. The van der Waals surface area contributed by atoms with Gasteiger partial charge in [0.2, 0.25) is 0 Å². The van der Waals surface area contributed by atoms with Crippen molar-refractivity contribution in [2.75, 3.05) is 26.7 Å². The van der Waals surface area contributed by atoms with Gasteiger partial charge in [-0.25, -0.2) is 0 Å². The van der Waals surface area contributed by atoms with Gasteiger partial charge in [-0.1, -0.05) is 30.3 Å². The minimum absolute atomic E-state index is 0.173. The van der Waals surface area contributed by atoms with Gasteiger partial charge in [-0.15, -0.1) is 0 Å². The van der Waals surface area contributed by atoms with E-state index < -0.39 is 0 Å². The maximum absolute atomic E-state index is 12.9. The normalized spacial score (nSPS) is 15.6. The standard InChI is InChI=1S/C23H26N2O3/c1-16-19-14-18(27-2)10-11-21(19)28-22(16)23(26)24-15-20(25-12-6-7-13-25)17-8-4-3-5-9-17/h3-5,8-11,14,20H,6-7,12-13,15H2,1-2H3,(H,24,26). The first kappa shape index (κ1) is 18.6. The van der Waals surface area contributed by atoms with Crippen LogP contribution in [-0.4, -0.2) is 37.6 Å². The topological polar surface area (TPSA) is 54.7 Å². The highest BCUT2D eigenvalue weighted by Crippen LogP contribution is 2.29. The summed E-state index contributed by atoms with van der Waals surface area (Å²) in [5.41, 5.74) is 2.77. The third-order valence-electron chi connectivity index (χ3n) is 5.57. The summed E-state index contributed by atoms with van der Waals surface area (Å²) in [5.74, 6) is 0.950. The second-order valence-corrected chi connectivity index (χ2v) is 7.30. The molecule has 1 saturated heterocycles. The lowest BCUT2D eigenvalue weighted by molar-refractivity contribution is 0.0911. The predicted octanol–water partition coefficient (Wildman–Crippen LogP) is 4.32. The molecule has 1 atom stereocenters. The Morgan fingerprint density at radius 1 is 1.18 bits per heavy atom. The second kappa shape index (κ2) is 8.07. The number of carbonyl (C=O) groups is 1. The number of furan rings is 1. The summed E-state index contributed by atoms with van der Waals surface area (Å²) in [4.78, 5) is 15.3. The Morgan fingerprint density at radius 3 is 2.64 bits per heavy atom. The van der Waals surface area contributed by atoms with Crippen molar-refractivity contribution in [2.24, 2.45) is 0 Å². The van der Waals surface area contributed by atoms with Gasteiger partial charge in [0.25, 0.3) is 5.91 Å². The molecule has 1 aliphatic rings. The Kier molecular flexibility index (Phi) is 5.35. The van der Waals surface area contributed by atoms with Gasteiger partial charge in [0.05, 0.1) is 13.2 Å². The molecule has 0 aliphatic carbocycles.